The van der Waals surface area contributed by atoms with Crippen LogP contribution in [-0.4, -0.2) is 17.5 Å². The molecule has 1 atom stereocenters. The zero-order valence-corrected chi connectivity index (χ0v) is 10.6. The van der Waals surface area contributed by atoms with E-state index in [1.807, 2.05) is 0 Å². The van der Waals surface area contributed by atoms with Crippen LogP contribution < -0.4 is 0 Å². The Balaban J connectivity index is 2.49. The number of hydrogen-bond acceptors (Lipinski definition) is 4. The van der Waals surface area contributed by atoms with Gasteiger partial charge in [-0.15, -0.1) is 0 Å². The Bertz CT molecular complexity index is 414. The Morgan fingerprint density at radius 1 is 1.39 bits per heavy atom. The van der Waals surface area contributed by atoms with E-state index in [9.17, 15) is 14.9 Å². The highest BCUT2D eigenvalue weighted by Crippen LogP contribution is 2.13. The molecule has 1 rings (SSSR count). The largest absolute Gasteiger partial charge is 0.462 e. The second kappa shape index (κ2) is 6.74. The number of benzene rings is 1. The number of nitro benzene ring substituents is 1. The van der Waals surface area contributed by atoms with Crippen molar-refractivity contribution in [1.82, 2.24) is 0 Å². The first-order valence-electron chi connectivity index (χ1n) is 5.96. The molecule has 0 saturated carbocycles. The monoisotopic (exact) mass is 251 g/mol. The fourth-order valence-corrected chi connectivity index (χ4v) is 1.36. The van der Waals surface area contributed by atoms with Crippen LogP contribution in [0.15, 0.2) is 24.3 Å². The molecule has 1 unspecified atom stereocenters. The van der Waals surface area contributed by atoms with Gasteiger partial charge in [0.15, 0.2) is 0 Å². The summed E-state index contributed by atoms with van der Waals surface area (Å²) in [5.41, 5.74) is 0.302. The molecule has 0 aromatic heterocycles. The summed E-state index contributed by atoms with van der Waals surface area (Å²) < 4.78 is 5.09. The Morgan fingerprint density at radius 3 is 2.50 bits per heavy atom. The second-order valence-electron chi connectivity index (χ2n) is 4.24. The van der Waals surface area contributed by atoms with Crippen LogP contribution in [0.4, 0.5) is 5.69 Å². The predicted octanol–water partition coefficient (Wildman–Crippen LogP) is 3.19. The maximum absolute atomic E-state index is 11.6. The van der Waals surface area contributed by atoms with Crippen LogP contribution in [0.5, 0.6) is 0 Å². The average molecular weight is 251 g/mol. The minimum atomic E-state index is -0.502. The van der Waals surface area contributed by atoms with Crippen molar-refractivity contribution in [2.75, 3.05) is 6.61 Å². The van der Waals surface area contributed by atoms with Crippen molar-refractivity contribution in [3.05, 3.63) is 39.9 Å². The van der Waals surface area contributed by atoms with Crippen LogP contribution in [0.25, 0.3) is 0 Å². The van der Waals surface area contributed by atoms with Crippen LogP contribution in [0, 0.1) is 16.0 Å². The van der Waals surface area contributed by atoms with Gasteiger partial charge >= 0.3 is 5.97 Å². The number of esters is 1. The van der Waals surface area contributed by atoms with E-state index in [2.05, 4.69) is 13.8 Å². The van der Waals surface area contributed by atoms with Crippen molar-refractivity contribution in [3.63, 3.8) is 0 Å². The molecule has 5 heteroatoms. The lowest BCUT2D eigenvalue weighted by molar-refractivity contribution is -0.384. The van der Waals surface area contributed by atoms with Crippen LogP contribution in [-0.2, 0) is 4.74 Å². The summed E-state index contributed by atoms with van der Waals surface area (Å²) in [6.07, 6.45) is 1.88. The number of non-ortho nitro benzene ring substituents is 1. The Kier molecular flexibility index (Phi) is 5.30. The summed E-state index contributed by atoms with van der Waals surface area (Å²) >= 11 is 0. The summed E-state index contributed by atoms with van der Waals surface area (Å²) in [5, 5.41) is 10.5. The molecule has 1 aromatic rings. The molecule has 0 aliphatic carbocycles. The molecule has 0 bridgehead atoms. The third-order valence-electron chi connectivity index (χ3n) is 2.85. The average Bonchev–Trinajstić information content (AvgIpc) is 2.38. The molecule has 0 saturated heterocycles. The molecule has 18 heavy (non-hydrogen) atoms. The fraction of sp³-hybridized carbons (Fsp3) is 0.462. The first-order chi connectivity index (χ1) is 8.54. The summed E-state index contributed by atoms with van der Waals surface area (Å²) in [6, 6.07) is 5.41. The van der Waals surface area contributed by atoms with Crippen molar-refractivity contribution >= 4 is 11.7 Å². The van der Waals surface area contributed by atoms with Gasteiger partial charge in [0.25, 0.3) is 5.69 Å². The highest BCUT2D eigenvalue weighted by Gasteiger charge is 2.10. The highest BCUT2D eigenvalue weighted by atomic mass is 16.6. The molecule has 0 aliphatic heterocycles. The normalized spacial score (nSPS) is 11.9. The summed E-state index contributed by atoms with van der Waals surface area (Å²) in [7, 11) is 0. The SMILES string of the molecule is CCC(C)CCOC(=O)c1ccc([N+](=O)[O-])cc1. The number of nitro groups is 1. The van der Waals surface area contributed by atoms with Crippen LogP contribution in [0.1, 0.15) is 37.0 Å². The van der Waals surface area contributed by atoms with E-state index in [1.54, 1.807) is 0 Å². The maximum atomic E-state index is 11.6. The third-order valence-corrected chi connectivity index (χ3v) is 2.85. The molecule has 0 aliphatic rings. The van der Waals surface area contributed by atoms with Crippen LogP contribution in [0.3, 0.4) is 0 Å². The number of hydrogen-bond donors (Lipinski definition) is 0. The van der Waals surface area contributed by atoms with E-state index < -0.39 is 10.9 Å². The second-order valence-corrected chi connectivity index (χ2v) is 4.24. The Hall–Kier alpha value is -1.91. The smallest absolute Gasteiger partial charge is 0.338 e. The number of carbonyl (C=O) groups excluding carboxylic acids is 1. The summed E-state index contributed by atoms with van der Waals surface area (Å²) in [4.78, 5) is 21.6. The number of nitrogens with zero attached hydrogens (tertiary/aromatic N) is 1. The van der Waals surface area contributed by atoms with Crippen molar-refractivity contribution in [2.24, 2.45) is 5.92 Å². The van der Waals surface area contributed by atoms with Gasteiger partial charge in [-0.25, -0.2) is 4.79 Å². The third kappa shape index (κ3) is 4.16. The Labute approximate surface area is 106 Å². The molecule has 0 amide bonds. The maximum Gasteiger partial charge on any atom is 0.338 e. The topological polar surface area (TPSA) is 69.4 Å². The fourth-order valence-electron chi connectivity index (χ4n) is 1.36. The van der Waals surface area contributed by atoms with Gasteiger partial charge in [0.05, 0.1) is 17.1 Å². The number of carbonyl (C=O) groups is 1. The zero-order valence-electron chi connectivity index (χ0n) is 10.6. The highest BCUT2D eigenvalue weighted by molar-refractivity contribution is 5.89. The molecule has 5 nitrogen and oxygen atoms in total. The quantitative estimate of drug-likeness (QED) is 0.442. The molecule has 1 aromatic carbocycles. The van der Waals surface area contributed by atoms with Gasteiger partial charge in [-0.3, -0.25) is 10.1 Å². The Morgan fingerprint density at radius 2 is 2.00 bits per heavy atom. The molecule has 0 heterocycles. The predicted molar refractivity (Wildman–Crippen MR) is 67.5 cm³/mol. The van der Waals surface area contributed by atoms with Gasteiger partial charge < -0.3 is 4.74 Å². The van der Waals surface area contributed by atoms with Gasteiger partial charge in [0.1, 0.15) is 0 Å². The van der Waals surface area contributed by atoms with Gasteiger partial charge in [-0.05, 0) is 24.5 Å². The summed E-state index contributed by atoms with van der Waals surface area (Å²) in [6.45, 7) is 4.56. The van der Waals surface area contributed by atoms with E-state index in [0.29, 0.717) is 18.1 Å². The number of rotatable bonds is 6. The van der Waals surface area contributed by atoms with E-state index in [0.717, 1.165) is 12.8 Å². The minimum Gasteiger partial charge on any atom is -0.462 e. The molecular formula is C13H17NO4. The molecule has 0 spiro atoms. The van der Waals surface area contributed by atoms with Gasteiger partial charge in [-0.1, -0.05) is 20.3 Å². The van der Waals surface area contributed by atoms with Gasteiger partial charge in [0.2, 0.25) is 0 Å². The molecule has 0 radical (unpaired) electrons. The van der Waals surface area contributed by atoms with E-state index in [4.69, 9.17) is 4.74 Å². The van der Waals surface area contributed by atoms with Crippen molar-refractivity contribution in [3.8, 4) is 0 Å². The first-order valence-corrected chi connectivity index (χ1v) is 5.96. The van der Waals surface area contributed by atoms with Gasteiger partial charge in [-0.2, -0.15) is 0 Å². The van der Waals surface area contributed by atoms with Crippen molar-refractivity contribution in [2.45, 2.75) is 26.7 Å². The molecular weight excluding hydrogens is 234 g/mol. The van der Waals surface area contributed by atoms with Gasteiger partial charge in [0, 0.05) is 12.1 Å². The van der Waals surface area contributed by atoms with E-state index in [1.165, 1.54) is 24.3 Å². The van der Waals surface area contributed by atoms with E-state index in [-0.39, 0.29) is 5.69 Å². The first kappa shape index (κ1) is 14.2. The lowest BCUT2D eigenvalue weighted by atomic mass is 10.1. The zero-order chi connectivity index (χ0) is 13.5. The van der Waals surface area contributed by atoms with Crippen molar-refractivity contribution in [1.29, 1.82) is 0 Å². The summed E-state index contributed by atoms with van der Waals surface area (Å²) in [5.74, 6) is 0.0860. The lowest BCUT2D eigenvalue weighted by Gasteiger charge is -2.08. The molecule has 0 fully saturated rings. The van der Waals surface area contributed by atoms with Crippen LogP contribution in [0.2, 0.25) is 0 Å². The number of ether oxygens (including phenoxy) is 1. The molecule has 0 N–H and O–H groups in total. The standard InChI is InChI=1S/C13H17NO4/c1-3-10(2)8-9-18-13(15)11-4-6-12(7-5-11)14(16)17/h4-7,10H,3,8-9H2,1-2H3. The van der Waals surface area contributed by atoms with Crippen molar-refractivity contribution < 1.29 is 14.5 Å². The van der Waals surface area contributed by atoms with E-state index >= 15 is 0 Å². The van der Waals surface area contributed by atoms with Crippen LogP contribution >= 0.6 is 0 Å². The molecule has 98 valence electrons. The minimum absolute atomic E-state index is 0.0360. The lowest BCUT2D eigenvalue weighted by Crippen LogP contribution is -2.08.